The number of nitrogens with two attached hydrogens (primary N) is 1. The highest BCUT2D eigenvalue weighted by Gasteiger charge is 2.06. The van der Waals surface area contributed by atoms with Crippen molar-refractivity contribution in [2.75, 3.05) is 39.1 Å². The molecule has 1 rings (SSSR count). The number of rotatable bonds is 7. The largest absolute Gasteiger partial charge is 0.374 e. The van der Waals surface area contributed by atoms with Gasteiger partial charge in [-0.25, -0.2) is 0 Å². The lowest BCUT2D eigenvalue weighted by molar-refractivity contribution is 0.401. The highest BCUT2D eigenvalue weighted by molar-refractivity contribution is 5.54. The lowest BCUT2D eigenvalue weighted by atomic mass is 10.0. The molecule has 0 bridgehead atoms. The van der Waals surface area contributed by atoms with Crippen LogP contribution in [0.4, 0.5) is 5.69 Å². The van der Waals surface area contributed by atoms with E-state index in [9.17, 15) is 0 Å². The van der Waals surface area contributed by atoms with Gasteiger partial charge in [0.15, 0.2) is 0 Å². The fourth-order valence-electron chi connectivity index (χ4n) is 2.39. The lowest BCUT2D eigenvalue weighted by Crippen LogP contribution is -2.24. The summed E-state index contributed by atoms with van der Waals surface area (Å²) in [6.45, 7) is 6.46. The molecule has 0 aliphatic carbocycles. The molecule has 19 heavy (non-hydrogen) atoms. The van der Waals surface area contributed by atoms with Gasteiger partial charge in [0.1, 0.15) is 0 Å². The molecular formula is C16H29N3. The van der Waals surface area contributed by atoms with Crippen molar-refractivity contribution in [1.29, 1.82) is 0 Å². The predicted molar refractivity (Wildman–Crippen MR) is 85.0 cm³/mol. The molecule has 2 N–H and O–H groups in total. The maximum atomic E-state index is 5.85. The molecule has 0 aromatic heterocycles. The van der Waals surface area contributed by atoms with Gasteiger partial charge in [0.05, 0.1) is 0 Å². The molecule has 1 atom stereocenters. The highest BCUT2D eigenvalue weighted by Crippen LogP contribution is 2.21. The summed E-state index contributed by atoms with van der Waals surface area (Å²) in [6.07, 6.45) is 2.13. The molecule has 0 saturated heterocycles. The quantitative estimate of drug-likeness (QED) is 0.819. The van der Waals surface area contributed by atoms with E-state index in [0.29, 0.717) is 0 Å². The van der Waals surface area contributed by atoms with Gasteiger partial charge in [-0.15, -0.1) is 0 Å². The zero-order valence-electron chi connectivity index (χ0n) is 13.1. The molecule has 0 fully saturated rings. The minimum absolute atomic E-state index is 0.225. The fraction of sp³-hybridized carbons (Fsp3) is 0.625. The Bertz CT molecular complexity index is 386. The molecule has 0 saturated carbocycles. The minimum atomic E-state index is 0.225. The van der Waals surface area contributed by atoms with Crippen LogP contribution >= 0.6 is 0 Å². The van der Waals surface area contributed by atoms with Crippen LogP contribution in [0, 0.1) is 6.92 Å². The molecule has 0 heterocycles. The SMILES string of the molecule is Cc1cc(CC(C)N)ccc1N(C)CCCN(C)C. The van der Waals surface area contributed by atoms with Crippen LogP contribution in [0.3, 0.4) is 0 Å². The Balaban J connectivity index is 2.62. The van der Waals surface area contributed by atoms with Crippen LogP contribution in [0.1, 0.15) is 24.5 Å². The van der Waals surface area contributed by atoms with E-state index in [0.717, 1.165) is 19.5 Å². The summed E-state index contributed by atoms with van der Waals surface area (Å²) in [6, 6.07) is 6.92. The highest BCUT2D eigenvalue weighted by atomic mass is 15.1. The van der Waals surface area contributed by atoms with Gasteiger partial charge in [-0.3, -0.25) is 0 Å². The molecule has 0 amide bonds. The number of hydrogen-bond donors (Lipinski definition) is 1. The van der Waals surface area contributed by atoms with E-state index in [1.54, 1.807) is 0 Å². The van der Waals surface area contributed by atoms with Crippen molar-refractivity contribution in [2.24, 2.45) is 5.73 Å². The van der Waals surface area contributed by atoms with Gasteiger partial charge < -0.3 is 15.5 Å². The third kappa shape index (κ3) is 5.62. The molecule has 3 nitrogen and oxygen atoms in total. The molecule has 1 aromatic rings. The Hall–Kier alpha value is -1.06. The molecule has 0 spiro atoms. The van der Waals surface area contributed by atoms with Crippen LogP contribution in [0.15, 0.2) is 18.2 Å². The van der Waals surface area contributed by atoms with Crippen LogP contribution < -0.4 is 10.6 Å². The number of nitrogens with zero attached hydrogens (tertiary/aromatic N) is 2. The summed E-state index contributed by atoms with van der Waals surface area (Å²) >= 11 is 0. The van der Waals surface area contributed by atoms with Crippen molar-refractivity contribution < 1.29 is 0 Å². The molecular weight excluding hydrogens is 234 g/mol. The fourth-order valence-corrected chi connectivity index (χ4v) is 2.39. The third-order valence-corrected chi connectivity index (χ3v) is 3.33. The second-order valence-corrected chi connectivity index (χ2v) is 5.88. The standard InChI is InChI=1S/C16H29N3/c1-13-11-15(12-14(2)17)7-8-16(13)19(5)10-6-9-18(3)4/h7-8,11,14H,6,9-10,12,17H2,1-5H3. The number of hydrogen-bond acceptors (Lipinski definition) is 3. The van der Waals surface area contributed by atoms with Gasteiger partial charge in [0, 0.05) is 25.3 Å². The maximum absolute atomic E-state index is 5.85. The van der Waals surface area contributed by atoms with E-state index in [1.165, 1.54) is 23.2 Å². The number of anilines is 1. The van der Waals surface area contributed by atoms with E-state index in [1.807, 2.05) is 0 Å². The van der Waals surface area contributed by atoms with Crippen molar-refractivity contribution in [3.8, 4) is 0 Å². The van der Waals surface area contributed by atoms with Crippen molar-refractivity contribution in [1.82, 2.24) is 4.90 Å². The first-order valence-electron chi connectivity index (χ1n) is 7.11. The topological polar surface area (TPSA) is 32.5 Å². The van der Waals surface area contributed by atoms with Crippen molar-refractivity contribution >= 4 is 5.69 Å². The monoisotopic (exact) mass is 263 g/mol. The minimum Gasteiger partial charge on any atom is -0.374 e. The molecule has 0 radical (unpaired) electrons. The summed E-state index contributed by atoms with van der Waals surface area (Å²) in [7, 11) is 6.41. The first-order valence-corrected chi connectivity index (χ1v) is 7.11. The predicted octanol–water partition coefficient (Wildman–Crippen LogP) is 2.27. The van der Waals surface area contributed by atoms with Crippen LogP contribution in [-0.4, -0.2) is 45.2 Å². The van der Waals surface area contributed by atoms with Gasteiger partial charge in [-0.05, 0) is 64.5 Å². The van der Waals surface area contributed by atoms with Gasteiger partial charge in [-0.1, -0.05) is 12.1 Å². The van der Waals surface area contributed by atoms with Crippen LogP contribution in [-0.2, 0) is 6.42 Å². The van der Waals surface area contributed by atoms with Crippen molar-refractivity contribution in [3.63, 3.8) is 0 Å². The van der Waals surface area contributed by atoms with E-state index in [4.69, 9.17) is 5.73 Å². The molecule has 3 heteroatoms. The summed E-state index contributed by atoms with van der Waals surface area (Å²) in [4.78, 5) is 4.57. The van der Waals surface area contributed by atoms with Gasteiger partial charge in [-0.2, -0.15) is 0 Å². The Kier molecular flexibility index (Phi) is 6.32. The Morgan fingerprint density at radius 1 is 1.16 bits per heavy atom. The van der Waals surface area contributed by atoms with E-state index in [2.05, 4.69) is 63.0 Å². The third-order valence-electron chi connectivity index (χ3n) is 3.33. The van der Waals surface area contributed by atoms with E-state index < -0.39 is 0 Å². The normalized spacial score (nSPS) is 12.8. The van der Waals surface area contributed by atoms with Crippen LogP contribution in [0.2, 0.25) is 0 Å². The van der Waals surface area contributed by atoms with Gasteiger partial charge in [0.25, 0.3) is 0 Å². The average Bonchev–Trinajstić information content (AvgIpc) is 2.27. The maximum Gasteiger partial charge on any atom is 0.0393 e. The zero-order valence-corrected chi connectivity index (χ0v) is 13.1. The summed E-state index contributed by atoms with van der Waals surface area (Å²) in [5.41, 5.74) is 9.85. The molecule has 1 unspecified atom stereocenters. The van der Waals surface area contributed by atoms with Gasteiger partial charge in [0.2, 0.25) is 0 Å². The van der Waals surface area contributed by atoms with Gasteiger partial charge >= 0.3 is 0 Å². The lowest BCUT2D eigenvalue weighted by Gasteiger charge is -2.23. The first-order chi connectivity index (χ1) is 8.90. The summed E-state index contributed by atoms with van der Waals surface area (Å²) < 4.78 is 0. The average molecular weight is 263 g/mol. The summed E-state index contributed by atoms with van der Waals surface area (Å²) in [5.74, 6) is 0. The van der Waals surface area contributed by atoms with Crippen LogP contribution in [0.25, 0.3) is 0 Å². The zero-order chi connectivity index (χ0) is 14.4. The smallest absolute Gasteiger partial charge is 0.0393 e. The Morgan fingerprint density at radius 2 is 1.84 bits per heavy atom. The Labute approximate surface area is 118 Å². The molecule has 1 aromatic carbocycles. The van der Waals surface area contributed by atoms with E-state index >= 15 is 0 Å². The summed E-state index contributed by atoms with van der Waals surface area (Å²) in [5, 5.41) is 0. The molecule has 0 aliphatic heterocycles. The van der Waals surface area contributed by atoms with Crippen LogP contribution in [0.5, 0.6) is 0 Å². The first kappa shape index (κ1) is 16.0. The number of aryl methyl sites for hydroxylation is 1. The van der Waals surface area contributed by atoms with E-state index in [-0.39, 0.29) is 6.04 Å². The van der Waals surface area contributed by atoms with Crippen molar-refractivity contribution in [2.45, 2.75) is 32.7 Å². The van der Waals surface area contributed by atoms with Crippen molar-refractivity contribution in [3.05, 3.63) is 29.3 Å². The molecule has 0 aliphatic rings. The Morgan fingerprint density at radius 3 is 2.37 bits per heavy atom. The molecule has 108 valence electrons. The second-order valence-electron chi connectivity index (χ2n) is 5.88. The number of benzene rings is 1. The second kappa shape index (κ2) is 7.51.